The number of fused-ring (bicyclic) bond motifs is 1. The van der Waals surface area contributed by atoms with Crippen molar-refractivity contribution in [2.24, 2.45) is 7.05 Å². The second-order valence-corrected chi connectivity index (χ2v) is 6.71. The van der Waals surface area contributed by atoms with E-state index < -0.39 is 0 Å². The zero-order valence-corrected chi connectivity index (χ0v) is 16.2. The monoisotopic (exact) mass is 384 g/mol. The highest BCUT2D eigenvalue weighted by Gasteiger charge is 2.18. The van der Waals surface area contributed by atoms with Crippen LogP contribution in [-0.4, -0.2) is 28.9 Å². The fourth-order valence-corrected chi connectivity index (χ4v) is 3.26. The predicted molar refractivity (Wildman–Crippen MR) is 109 cm³/mol. The van der Waals surface area contributed by atoms with Crippen LogP contribution >= 0.6 is 0 Å². The van der Waals surface area contributed by atoms with E-state index in [4.69, 9.17) is 0 Å². The summed E-state index contributed by atoms with van der Waals surface area (Å²) >= 11 is 0. The second kappa shape index (κ2) is 7.75. The fraction of sp³-hybridized carbons (Fsp3) is 0.350. The molecular formula is C20H24N4O4. The number of aryl methyl sites for hydroxylation is 2. The summed E-state index contributed by atoms with van der Waals surface area (Å²) in [6, 6.07) is 4.24. The lowest BCUT2D eigenvalue weighted by Gasteiger charge is -2.10. The molecule has 148 valence electrons. The quantitative estimate of drug-likeness (QED) is 0.679. The Kier molecular flexibility index (Phi) is 5.39. The number of imidazole rings is 1. The van der Waals surface area contributed by atoms with E-state index >= 15 is 0 Å². The maximum Gasteiger partial charge on any atom is 0.332 e. The Hall–Kier alpha value is -3.29. The van der Waals surface area contributed by atoms with E-state index in [0.29, 0.717) is 42.1 Å². The van der Waals surface area contributed by atoms with Gasteiger partial charge in [-0.2, -0.15) is 0 Å². The molecule has 8 heteroatoms. The molecule has 1 aromatic carbocycles. The molecule has 0 spiro atoms. The van der Waals surface area contributed by atoms with E-state index in [1.807, 2.05) is 13.8 Å². The Morgan fingerprint density at radius 2 is 1.57 bits per heavy atom. The Balaban J connectivity index is 2.20. The van der Waals surface area contributed by atoms with Crippen molar-refractivity contribution in [2.45, 2.75) is 39.8 Å². The normalized spacial score (nSPS) is 11.7. The Bertz CT molecular complexity index is 1150. The van der Waals surface area contributed by atoms with E-state index in [9.17, 15) is 19.8 Å². The molecular weight excluding hydrogens is 360 g/mol. The van der Waals surface area contributed by atoms with Gasteiger partial charge in [-0.15, -0.1) is 0 Å². The minimum absolute atomic E-state index is 0.0520. The maximum absolute atomic E-state index is 12.9. The number of phenolic OH excluding ortho intramolecular Hbond substituents is 2. The number of hydrogen-bond acceptors (Lipinski definition) is 5. The molecule has 2 heterocycles. The van der Waals surface area contributed by atoms with Crippen LogP contribution in [0.15, 0.2) is 27.8 Å². The topological polar surface area (TPSA) is 102 Å². The molecule has 0 radical (unpaired) electrons. The van der Waals surface area contributed by atoms with Gasteiger partial charge in [0.2, 0.25) is 0 Å². The summed E-state index contributed by atoms with van der Waals surface area (Å²) in [6.45, 7) is 4.71. The smallest absolute Gasteiger partial charge is 0.332 e. The highest BCUT2D eigenvalue weighted by Crippen LogP contribution is 2.22. The molecule has 0 aliphatic rings. The molecule has 2 N–H and O–H groups in total. The zero-order valence-electron chi connectivity index (χ0n) is 16.2. The number of nitrogens with zero attached hydrogens (tertiary/aromatic N) is 4. The van der Waals surface area contributed by atoms with Crippen LogP contribution in [0.1, 0.15) is 38.1 Å². The lowest BCUT2D eigenvalue weighted by molar-refractivity contribution is 0.450. The van der Waals surface area contributed by atoms with Gasteiger partial charge < -0.3 is 14.8 Å². The van der Waals surface area contributed by atoms with Crippen LogP contribution < -0.4 is 11.2 Å². The van der Waals surface area contributed by atoms with Crippen LogP contribution in [-0.2, 0) is 20.1 Å². The van der Waals surface area contributed by atoms with Crippen LogP contribution in [0.4, 0.5) is 0 Å². The molecule has 2 aromatic heterocycles. The molecule has 0 amide bonds. The average Bonchev–Trinajstić information content (AvgIpc) is 2.96. The summed E-state index contributed by atoms with van der Waals surface area (Å²) < 4.78 is 4.47. The van der Waals surface area contributed by atoms with Gasteiger partial charge in [0.1, 0.15) is 17.3 Å². The maximum atomic E-state index is 12.9. The second-order valence-electron chi connectivity index (χ2n) is 6.71. The minimum atomic E-state index is -0.348. The Morgan fingerprint density at radius 3 is 2.18 bits per heavy atom. The lowest BCUT2D eigenvalue weighted by Crippen LogP contribution is -2.40. The molecule has 3 aromatic rings. The van der Waals surface area contributed by atoms with Crippen LogP contribution in [0, 0.1) is 0 Å². The first-order valence-electron chi connectivity index (χ1n) is 9.28. The molecule has 0 saturated carbocycles. The largest absolute Gasteiger partial charge is 0.508 e. The first kappa shape index (κ1) is 19.5. The number of hydrogen-bond donors (Lipinski definition) is 2. The summed E-state index contributed by atoms with van der Waals surface area (Å²) in [4.78, 5) is 30.2. The molecule has 0 unspecified atom stereocenters. The highest BCUT2D eigenvalue weighted by molar-refractivity contribution is 5.77. The highest BCUT2D eigenvalue weighted by atomic mass is 16.3. The van der Waals surface area contributed by atoms with E-state index in [2.05, 4.69) is 4.98 Å². The molecule has 3 rings (SSSR count). The van der Waals surface area contributed by atoms with E-state index in [1.54, 1.807) is 28.3 Å². The summed E-state index contributed by atoms with van der Waals surface area (Å²) in [5.41, 5.74) is 0.635. The first-order valence-corrected chi connectivity index (χ1v) is 9.28. The van der Waals surface area contributed by atoms with Crippen LogP contribution in [0.2, 0.25) is 0 Å². The van der Waals surface area contributed by atoms with Crippen molar-refractivity contribution in [3.05, 3.63) is 50.4 Å². The Morgan fingerprint density at radius 1 is 0.964 bits per heavy atom. The number of phenols is 2. The van der Waals surface area contributed by atoms with Gasteiger partial charge in [0.15, 0.2) is 11.2 Å². The number of aromatic hydroxyl groups is 2. The van der Waals surface area contributed by atoms with Gasteiger partial charge in [-0.1, -0.05) is 19.9 Å². The first-order chi connectivity index (χ1) is 13.4. The van der Waals surface area contributed by atoms with E-state index in [1.165, 1.54) is 22.8 Å². The van der Waals surface area contributed by atoms with Crippen molar-refractivity contribution < 1.29 is 10.2 Å². The van der Waals surface area contributed by atoms with E-state index in [-0.39, 0.29) is 22.7 Å². The van der Waals surface area contributed by atoms with Crippen molar-refractivity contribution in [3.8, 4) is 11.5 Å². The molecule has 8 nitrogen and oxygen atoms in total. The van der Waals surface area contributed by atoms with Crippen LogP contribution in [0.25, 0.3) is 23.3 Å². The lowest BCUT2D eigenvalue weighted by atomic mass is 10.2. The molecule has 28 heavy (non-hydrogen) atoms. The summed E-state index contributed by atoms with van der Waals surface area (Å²) in [7, 11) is 1.73. The van der Waals surface area contributed by atoms with Gasteiger partial charge in [-0.05, 0) is 36.6 Å². The summed E-state index contributed by atoms with van der Waals surface area (Å²) in [5.74, 6) is 0.390. The van der Waals surface area contributed by atoms with Crippen LogP contribution in [0.5, 0.6) is 11.5 Å². The molecule has 0 saturated heterocycles. The summed E-state index contributed by atoms with van der Waals surface area (Å²) in [5, 5.41) is 19.2. The van der Waals surface area contributed by atoms with Crippen LogP contribution in [0.3, 0.4) is 0 Å². The third kappa shape index (κ3) is 3.45. The number of aromatic nitrogens is 4. The number of benzene rings is 1. The number of rotatable bonds is 6. The third-order valence-electron chi connectivity index (χ3n) is 4.52. The van der Waals surface area contributed by atoms with E-state index in [0.717, 1.165) is 6.42 Å². The fourth-order valence-electron chi connectivity index (χ4n) is 3.26. The summed E-state index contributed by atoms with van der Waals surface area (Å²) in [6.07, 6.45) is 4.77. The standard InChI is InChI=1S/C20H24N4O4/c1-4-8-23-18-17(19(27)24(9-5-2)20(23)28)22(3)16(21-18)7-6-13-10-14(25)12-15(26)11-13/h6-7,10-12,25-26H,4-5,8-9H2,1-3H3/b7-6+. The molecule has 0 aliphatic heterocycles. The average molecular weight is 384 g/mol. The van der Waals surface area contributed by atoms with Crippen molar-refractivity contribution in [2.75, 3.05) is 0 Å². The van der Waals surface area contributed by atoms with Gasteiger partial charge in [-0.25, -0.2) is 9.78 Å². The van der Waals surface area contributed by atoms with Gasteiger partial charge >= 0.3 is 5.69 Å². The SMILES string of the molecule is CCCn1c(=O)c2c(nc(/C=C/c3cc(O)cc(O)c3)n2C)n(CCC)c1=O. The Labute approximate surface area is 161 Å². The molecule has 0 bridgehead atoms. The van der Waals surface area contributed by atoms with Gasteiger partial charge in [-0.3, -0.25) is 13.9 Å². The van der Waals surface area contributed by atoms with Crippen molar-refractivity contribution in [1.82, 2.24) is 18.7 Å². The molecule has 0 aliphatic carbocycles. The minimum Gasteiger partial charge on any atom is -0.508 e. The predicted octanol–water partition coefficient (Wildman–Crippen LogP) is 2.30. The van der Waals surface area contributed by atoms with Crippen molar-refractivity contribution >= 4 is 23.3 Å². The third-order valence-corrected chi connectivity index (χ3v) is 4.52. The van der Waals surface area contributed by atoms with Crippen molar-refractivity contribution in [3.63, 3.8) is 0 Å². The molecule has 0 fully saturated rings. The molecule has 0 atom stereocenters. The van der Waals surface area contributed by atoms with Gasteiger partial charge in [0, 0.05) is 26.2 Å². The van der Waals surface area contributed by atoms with Crippen molar-refractivity contribution in [1.29, 1.82) is 0 Å². The van der Waals surface area contributed by atoms with Gasteiger partial charge in [0.05, 0.1) is 0 Å². The van der Waals surface area contributed by atoms with Gasteiger partial charge in [0.25, 0.3) is 5.56 Å². The zero-order chi connectivity index (χ0) is 20.4.